The maximum Gasteiger partial charge on any atom is 0.237 e. The Morgan fingerprint density at radius 2 is 1.83 bits per heavy atom. The van der Waals surface area contributed by atoms with E-state index in [9.17, 15) is 4.79 Å². The molecule has 1 aromatic heterocycles. The molecule has 0 amide bonds. The van der Waals surface area contributed by atoms with E-state index >= 15 is 0 Å². The van der Waals surface area contributed by atoms with Crippen LogP contribution in [0, 0.1) is 0 Å². The predicted molar refractivity (Wildman–Crippen MR) is 73.8 cm³/mol. The first-order valence-corrected chi connectivity index (χ1v) is 6.96. The van der Waals surface area contributed by atoms with Crippen molar-refractivity contribution in [3.63, 3.8) is 0 Å². The molecule has 0 atom stereocenters. The van der Waals surface area contributed by atoms with E-state index in [1.54, 1.807) is 6.07 Å². The van der Waals surface area contributed by atoms with E-state index in [-0.39, 0.29) is 10.8 Å². The zero-order chi connectivity index (χ0) is 14.0. The molecule has 0 aromatic carbocycles. The van der Waals surface area contributed by atoms with Crippen molar-refractivity contribution in [2.75, 3.05) is 0 Å². The van der Waals surface area contributed by atoms with Crippen molar-refractivity contribution < 1.29 is 9.22 Å². The summed E-state index contributed by atoms with van der Waals surface area (Å²) in [6, 6.07) is 5.48. The van der Waals surface area contributed by atoms with Crippen LogP contribution >= 0.6 is 0 Å². The van der Waals surface area contributed by atoms with Gasteiger partial charge in [-0.05, 0) is 31.0 Å². The molecule has 0 bridgehead atoms. The molecule has 0 saturated heterocycles. The average Bonchev–Trinajstić information content (AvgIpc) is 2.26. The summed E-state index contributed by atoms with van der Waals surface area (Å²) >= 11 is 0. The SMILES string of the molecule is CC(=O)c1cccc(C(C)(C)O[Si]C(C)(C)C)n1. The highest BCUT2D eigenvalue weighted by Crippen LogP contribution is 2.28. The van der Waals surface area contributed by atoms with E-state index in [2.05, 4.69) is 25.8 Å². The third-order valence-corrected chi connectivity index (χ3v) is 3.56. The van der Waals surface area contributed by atoms with Crippen LogP contribution in [0.4, 0.5) is 0 Å². The summed E-state index contributed by atoms with van der Waals surface area (Å²) in [6.45, 7) is 11.9. The Bertz CT molecular complexity index is 436. The number of carbonyl (C=O) groups excluding carboxylic acids is 1. The molecule has 1 aromatic rings. The number of aromatic nitrogens is 1. The molecule has 0 spiro atoms. The van der Waals surface area contributed by atoms with Crippen LogP contribution in [0.1, 0.15) is 57.7 Å². The van der Waals surface area contributed by atoms with Gasteiger partial charge in [-0.3, -0.25) is 4.79 Å². The fourth-order valence-electron chi connectivity index (χ4n) is 1.30. The predicted octanol–water partition coefficient (Wildman–Crippen LogP) is 3.37. The third-order valence-electron chi connectivity index (χ3n) is 2.34. The number of Topliss-reactive ketones (excluding diaryl/α,β-unsaturated/α-hetero) is 1. The molecule has 0 N–H and O–H groups in total. The first-order valence-electron chi connectivity index (χ1n) is 6.05. The second kappa shape index (κ2) is 5.32. The van der Waals surface area contributed by atoms with E-state index in [0.717, 1.165) is 5.69 Å². The summed E-state index contributed by atoms with van der Waals surface area (Å²) in [5, 5.41) is 0.134. The van der Waals surface area contributed by atoms with Crippen molar-refractivity contribution in [2.45, 2.75) is 52.2 Å². The van der Waals surface area contributed by atoms with Crippen LogP contribution in [0.2, 0.25) is 5.04 Å². The average molecular weight is 263 g/mol. The number of carbonyl (C=O) groups is 1. The minimum atomic E-state index is -0.475. The molecule has 4 heteroatoms. The summed E-state index contributed by atoms with van der Waals surface area (Å²) in [4.78, 5) is 15.7. The van der Waals surface area contributed by atoms with Gasteiger partial charge in [0.25, 0.3) is 0 Å². The molecular weight excluding hydrogens is 242 g/mol. The Morgan fingerprint density at radius 3 is 2.33 bits per heavy atom. The van der Waals surface area contributed by atoms with Gasteiger partial charge in [0.1, 0.15) is 5.69 Å². The smallest absolute Gasteiger partial charge is 0.237 e. The first kappa shape index (κ1) is 15.1. The van der Waals surface area contributed by atoms with Gasteiger partial charge in [-0.1, -0.05) is 26.8 Å². The zero-order valence-corrected chi connectivity index (χ0v) is 13.0. The molecule has 2 radical (unpaired) electrons. The standard InChI is InChI=1S/C14H21NO2Si/c1-10(16)11-8-7-9-12(15-11)14(5,6)17-18-13(2,3)4/h7-9H,1-6H3. The van der Waals surface area contributed by atoms with Crippen LogP contribution in [0.25, 0.3) is 0 Å². The van der Waals surface area contributed by atoms with E-state index in [1.807, 2.05) is 26.0 Å². The van der Waals surface area contributed by atoms with Crippen molar-refractivity contribution in [3.8, 4) is 0 Å². The van der Waals surface area contributed by atoms with Gasteiger partial charge in [-0.25, -0.2) is 4.98 Å². The van der Waals surface area contributed by atoms with Crippen molar-refractivity contribution in [2.24, 2.45) is 0 Å². The van der Waals surface area contributed by atoms with Gasteiger partial charge in [0.05, 0.1) is 11.3 Å². The molecule has 0 fully saturated rings. The van der Waals surface area contributed by atoms with Crippen molar-refractivity contribution in [3.05, 3.63) is 29.6 Å². The van der Waals surface area contributed by atoms with Crippen LogP contribution in [0.3, 0.4) is 0 Å². The van der Waals surface area contributed by atoms with Gasteiger partial charge in [0, 0.05) is 6.92 Å². The minimum absolute atomic E-state index is 0.0223. The summed E-state index contributed by atoms with van der Waals surface area (Å²) in [7, 11) is 0.385. The molecule has 3 nitrogen and oxygen atoms in total. The van der Waals surface area contributed by atoms with Crippen LogP contribution in [0.5, 0.6) is 0 Å². The second-order valence-electron chi connectivity index (χ2n) is 5.93. The molecular formula is C14H21NO2Si. The maximum absolute atomic E-state index is 11.3. The van der Waals surface area contributed by atoms with Crippen molar-refractivity contribution >= 4 is 15.5 Å². The Kier molecular flexibility index (Phi) is 4.45. The highest BCUT2D eigenvalue weighted by molar-refractivity contribution is 6.31. The van der Waals surface area contributed by atoms with Crippen molar-refractivity contribution in [1.82, 2.24) is 4.98 Å². The molecule has 0 aliphatic rings. The highest BCUT2D eigenvalue weighted by atomic mass is 28.2. The van der Waals surface area contributed by atoms with Gasteiger partial charge in [-0.15, -0.1) is 0 Å². The Hall–Kier alpha value is -1.00. The van der Waals surface area contributed by atoms with Gasteiger partial charge in [0.15, 0.2) is 5.78 Å². The minimum Gasteiger partial charge on any atom is -0.406 e. The Labute approximate surface area is 112 Å². The number of hydrogen-bond acceptors (Lipinski definition) is 3. The number of pyridine rings is 1. The van der Waals surface area contributed by atoms with Gasteiger partial charge in [-0.2, -0.15) is 0 Å². The molecule has 98 valence electrons. The van der Waals surface area contributed by atoms with Crippen molar-refractivity contribution in [1.29, 1.82) is 0 Å². The maximum atomic E-state index is 11.3. The fraction of sp³-hybridized carbons (Fsp3) is 0.571. The molecule has 0 aliphatic heterocycles. The molecule has 18 heavy (non-hydrogen) atoms. The van der Waals surface area contributed by atoms with E-state index in [0.29, 0.717) is 15.5 Å². The Balaban J connectivity index is 2.90. The van der Waals surface area contributed by atoms with E-state index in [4.69, 9.17) is 4.43 Å². The molecule has 1 rings (SSSR count). The molecule has 0 saturated carbocycles. The molecule has 0 unspecified atom stereocenters. The molecule has 1 heterocycles. The lowest BCUT2D eigenvalue weighted by atomic mass is 10.0. The summed E-state index contributed by atoms with van der Waals surface area (Å²) in [6.07, 6.45) is 0. The topological polar surface area (TPSA) is 39.2 Å². The Morgan fingerprint density at radius 1 is 1.22 bits per heavy atom. The lowest BCUT2D eigenvalue weighted by Crippen LogP contribution is -2.29. The van der Waals surface area contributed by atoms with Crippen LogP contribution in [-0.4, -0.2) is 20.5 Å². The monoisotopic (exact) mass is 263 g/mol. The first-order chi connectivity index (χ1) is 8.12. The zero-order valence-electron chi connectivity index (χ0n) is 12.0. The second-order valence-corrected chi connectivity index (χ2v) is 7.84. The lowest BCUT2D eigenvalue weighted by Gasteiger charge is -2.28. The van der Waals surface area contributed by atoms with Crippen LogP contribution < -0.4 is 0 Å². The summed E-state index contributed by atoms with van der Waals surface area (Å²) in [5.41, 5.74) is 0.812. The van der Waals surface area contributed by atoms with Gasteiger partial charge in [0.2, 0.25) is 9.76 Å². The normalized spacial score (nSPS) is 12.6. The van der Waals surface area contributed by atoms with Crippen LogP contribution in [0.15, 0.2) is 18.2 Å². The lowest BCUT2D eigenvalue weighted by molar-refractivity contribution is 0.0989. The number of rotatable bonds is 4. The van der Waals surface area contributed by atoms with E-state index < -0.39 is 5.60 Å². The van der Waals surface area contributed by atoms with Crippen LogP contribution in [-0.2, 0) is 10.0 Å². The number of nitrogens with zero attached hydrogens (tertiary/aromatic N) is 1. The van der Waals surface area contributed by atoms with Gasteiger partial charge < -0.3 is 4.43 Å². The highest BCUT2D eigenvalue weighted by Gasteiger charge is 2.26. The fourth-order valence-corrected chi connectivity index (χ4v) is 1.96. The summed E-state index contributed by atoms with van der Waals surface area (Å²) < 4.78 is 5.97. The largest absolute Gasteiger partial charge is 0.406 e. The quantitative estimate of drug-likeness (QED) is 0.617. The third kappa shape index (κ3) is 4.35. The molecule has 0 aliphatic carbocycles. The number of hydrogen-bond donors (Lipinski definition) is 0. The van der Waals surface area contributed by atoms with E-state index in [1.165, 1.54) is 6.92 Å². The summed E-state index contributed by atoms with van der Waals surface area (Å²) in [5.74, 6) is -0.0223. The number of ketones is 1. The van der Waals surface area contributed by atoms with Gasteiger partial charge >= 0.3 is 0 Å².